The predicted molar refractivity (Wildman–Crippen MR) is 61.2 cm³/mol. The first kappa shape index (κ1) is 12.1. The largest absolute Gasteiger partial charge is 0.386 e. The SMILES string of the molecule is CCCCCC[C@@]1(O)CC(=O)CCC12CO2. The number of epoxide rings is 1. The standard InChI is InChI=1S/C13H22O3/c1-2-3-4-5-7-12(15)9-11(14)6-8-13(12)10-16-13/h15H,2-10H2,1H3/t12-,13?/m1/s1. The Hall–Kier alpha value is -0.410. The van der Waals surface area contributed by atoms with Crippen molar-refractivity contribution < 1.29 is 14.6 Å². The third-order valence-electron chi connectivity index (χ3n) is 4.08. The molecule has 1 spiro atoms. The summed E-state index contributed by atoms with van der Waals surface area (Å²) < 4.78 is 5.46. The first-order chi connectivity index (χ1) is 7.62. The van der Waals surface area contributed by atoms with E-state index >= 15 is 0 Å². The molecule has 2 aliphatic rings. The van der Waals surface area contributed by atoms with Crippen LogP contribution in [0, 0.1) is 0 Å². The molecule has 1 N–H and O–H groups in total. The molecule has 1 aliphatic carbocycles. The molecule has 1 unspecified atom stereocenters. The highest BCUT2D eigenvalue weighted by atomic mass is 16.6. The van der Waals surface area contributed by atoms with Crippen LogP contribution < -0.4 is 0 Å². The van der Waals surface area contributed by atoms with E-state index < -0.39 is 5.60 Å². The van der Waals surface area contributed by atoms with Gasteiger partial charge in [-0.3, -0.25) is 4.79 Å². The van der Waals surface area contributed by atoms with Gasteiger partial charge in [0.15, 0.2) is 0 Å². The van der Waals surface area contributed by atoms with Crippen LogP contribution in [0.1, 0.15) is 58.3 Å². The van der Waals surface area contributed by atoms with E-state index in [1.807, 2.05) is 0 Å². The van der Waals surface area contributed by atoms with E-state index in [4.69, 9.17) is 4.74 Å². The number of hydrogen-bond acceptors (Lipinski definition) is 3. The number of carbonyl (C=O) groups excluding carboxylic acids is 1. The van der Waals surface area contributed by atoms with Gasteiger partial charge in [0.25, 0.3) is 0 Å². The Balaban J connectivity index is 1.89. The molecule has 1 saturated heterocycles. The summed E-state index contributed by atoms with van der Waals surface area (Å²) in [6, 6.07) is 0. The molecule has 0 bridgehead atoms. The zero-order valence-electron chi connectivity index (χ0n) is 10.1. The first-order valence-corrected chi connectivity index (χ1v) is 6.50. The second-order valence-corrected chi connectivity index (χ2v) is 5.34. The number of unbranched alkanes of at least 4 members (excludes halogenated alkanes) is 3. The van der Waals surface area contributed by atoms with Crippen molar-refractivity contribution in [3.05, 3.63) is 0 Å². The van der Waals surface area contributed by atoms with Gasteiger partial charge in [0, 0.05) is 12.8 Å². The predicted octanol–water partition coefficient (Wildman–Crippen LogP) is 2.21. The third kappa shape index (κ3) is 2.16. The molecule has 0 aromatic heterocycles. The smallest absolute Gasteiger partial charge is 0.136 e. The molecule has 1 saturated carbocycles. The fraction of sp³-hybridized carbons (Fsp3) is 0.923. The lowest BCUT2D eigenvalue weighted by molar-refractivity contribution is -0.136. The van der Waals surface area contributed by atoms with Crippen molar-refractivity contribution >= 4 is 5.78 Å². The van der Waals surface area contributed by atoms with Crippen molar-refractivity contribution in [2.45, 2.75) is 69.5 Å². The summed E-state index contributed by atoms with van der Waals surface area (Å²) in [7, 11) is 0. The van der Waals surface area contributed by atoms with Crippen molar-refractivity contribution in [2.24, 2.45) is 0 Å². The number of Topliss-reactive ketones (excluding diaryl/α,β-unsaturated/α-hetero) is 1. The number of ether oxygens (including phenoxy) is 1. The van der Waals surface area contributed by atoms with Crippen LogP contribution in [0.3, 0.4) is 0 Å². The Kier molecular flexibility index (Phi) is 3.36. The summed E-state index contributed by atoms with van der Waals surface area (Å²) in [4.78, 5) is 11.5. The van der Waals surface area contributed by atoms with Crippen molar-refractivity contribution in [3.8, 4) is 0 Å². The summed E-state index contributed by atoms with van der Waals surface area (Å²) in [5.74, 6) is 0.194. The molecule has 0 aromatic carbocycles. The number of ketones is 1. The Bertz CT molecular complexity index is 270. The summed E-state index contributed by atoms with van der Waals surface area (Å²) in [5.41, 5.74) is -1.22. The molecule has 3 heteroatoms. The van der Waals surface area contributed by atoms with Crippen molar-refractivity contribution in [3.63, 3.8) is 0 Å². The maximum atomic E-state index is 11.5. The van der Waals surface area contributed by atoms with Gasteiger partial charge in [-0.2, -0.15) is 0 Å². The zero-order valence-corrected chi connectivity index (χ0v) is 10.1. The summed E-state index contributed by atoms with van der Waals surface area (Å²) in [6.45, 7) is 2.81. The van der Waals surface area contributed by atoms with Crippen LogP contribution in [0.15, 0.2) is 0 Å². The summed E-state index contributed by atoms with van der Waals surface area (Å²) in [5, 5.41) is 10.6. The molecular weight excluding hydrogens is 204 g/mol. The lowest BCUT2D eigenvalue weighted by Crippen LogP contribution is -2.50. The molecular formula is C13H22O3. The second-order valence-electron chi connectivity index (χ2n) is 5.34. The molecule has 1 heterocycles. The molecule has 0 radical (unpaired) electrons. The normalized spacial score (nSPS) is 38.0. The monoisotopic (exact) mass is 226 g/mol. The van der Waals surface area contributed by atoms with E-state index in [1.54, 1.807) is 0 Å². The third-order valence-corrected chi connectivity index (χ3v) is 4.08. The second kappa shape index (κ2) is 4.46. The quantitative estimate of drug-likeness (QED) is 0.577. The highest BCUT2D eigenvalue weighted by Gasteiger charge is 2.62. The lowest BCUT2D eigenvalue weighted by Gasteiger charge is -2.37. The van der Waals surface area contributed by atoms with Crippen LogP contribution in [0.4, 0.5) is 0 Å². The fourth-order valence-electron chi connectivity index (χ4n) is 2.81. The molecule has 16 heavy (non-hydrogen) atoms. The van der Waals surface area contributed by atoms with E-state index in [0.29, 0.717) is 19.4 Å². The Morgan fingerprint density at radius 2 is 2.12 bits per heavy atom. The van der Waals surface area contributed by atoms with E-state index in [1.165, 1.54) is 12.8 Å². The summed E-state index contributed by atoms with van der Waals surface area (Å²) in [6.07, 6.45) is 6.87. The number of aliphatic hydroxyl groups is 1. The van der Waals surface area contributed by atoms with Gasteiger partial charge in [0.1, 0.15) is 17.0 Å². The average molecular weight is 226 g/mol. The van der Waals surface area contributed by atoms with Crippen LogP contribution in [0.25, 0.3) is 0 Å². The van der Waals surface area contributed by atoms with E-state index in [9.17, 15) is 9.90 Å². The van der Waals surface area contributed by atoms with Crippen molar-refractivity contribution in [1.29, 1.82) is 0 Å². The van der Waals surface area contributed by atoms with Gasteiger partial charge in [-0.05, 0) is 12.8 Å². The van der Waals surface area contributed by atoms with E-state index in [0.717, 1.165) is 25.7 Å². The van der Waals surface area contributed by atoms with Gasteiger partial charge in [-0.1, -0.05) is 32.6 Å². The maximum absolute atomic E-state index is 11.5. The van der Waals surface area contributed by atoms with Crippen LogP contribution in [-0.4, -0.2) is 28.7 Å². The van der Waals surface area contributed by atoms with Gasteiger partial charge < -0.3 is 9.84 Å². The fourth-order valence-corrected chi connectivity index (χ4v) is 2.81. The molecule has 2 rings (SSSR count). The van der Waals surface area contributed by atoms with Gasteiger partial charge in [0.05, 0.1) is 6.61 Å². The van der Waals surface area contributed by atoms with Gasteiger partial charge in [-0.25, -0.2) is 0 Å². The topological polar surface area (TPSA) is 49.8 Å². The average Bonchev–Trinajstić information content (AvgIpc) is 3.02. The minimum Gasteiger partial charge on any atom is -0.386 e. The molecule has 2 atom stereocenters. The summed E-state index contributed by atoms with van der Waals surface area (Å²) >= 11 is 0. The molecule has 2 fully saturated rings. The van der Waals surface area contributed by atoms with Crippen molar-refractivity contribution in [1.82, 2.24) is 0 Å². The van der Waals surface area contributed by atoms with Crippen LogP contribution in [-0.2, 0) is 9.53 Å². The molecule has 3 nitrogen and oxygen atoms in total. The molecule has 0 amide bonds. The minimum atomic E-state index is -0.865. The molecule has 1 aliphatic heterocycles. The van der Waals surface area contributed by atoms with E-state index in [-0.39, 0.29) is 11.4 Å². The zero-order chi connectivity index (χ0) is 11.6. The minimum absolute atomic E-state index is 0.194. The lowest BCUT2D eigenvalue weighted by atomic mass is 9.72. The van der Waals surface area contributed by atoms with Crippen LogP contribution in [0.2, 0.25) is 0 Å². The number of hydrogen-bond donors (Lipinski definition) is 1. The number of carbonyl (C=O) groups is 1. The number of rotatable bonds is 5. The van der Waals surface area contributed by atoms with Gasteiger partial charge in [0.2, 0.25) is 0 Å². The Morgan fingerprint density at radius 3 is 2.75 bits per heavy atom. The van der Waals surface area contributed by atoms with E-state index in [2.05, 4.69) is 6.92 Å². The van der Waals surface area contributed by atoms with Gasteiger partial charge >= 0.3 is 0 Å². The Morgan fingerprint density at radius 1 is 1.38 bits per heavy atom. The highest BCUT2D eigenvalue weighted by molar-refractivity contribution is 5.81. The van der Waals surface area contributed by atoms with Crippen LogP contribution in [0.5, 0.6) is 0 Å². The highest BCUT2D eigenvalue weighted by Crippen LogP contribution is 2.49. The molecule has 92 valence electrons. The van der Waals surface area contributed by atoms with Crippen molar-refractivity contribution in [2.75, 3.05) is 6.61 Å². The Labute approximate surface area is 97.2 Å². The van der Waals surface area contributed by atoms with Crippen LogP contribution >= 0.6 is 0 Å². The molecule has 0 aromatic rings. The van der Waals surface area contributed by atoms with Gasteiger partial charge in [-0.15, -0.1) is 0 Å². The first-order valence-electron chi connectivity index (χ1n) is 6.50. The maximum Gasteiger partial charge on any atom is 0.136 e.